The van der Waals surface area contributed by atoms with Gasteiger partial charge in [-0.3, -0.25) is 9.78 Å². The molecule has 2 aromatic heterocycles. The molecule has 1 fully saturated rings. The van der Waals surface area contributed by atoms with E-state index in [1.54, 1.807) is 12.1 Å². The molecule has 0 bridgehead atoms. The van der Waals surface area contributed by atoms with Crippen molar-refractivity contribution in [2.24, 2.45) is 0 Å². The molecule has 0 saturated carbocycles. The van der Waals surface area contributed by atoms with Crippen molar-refractivity contribution < 1.29 is 9.18 Å². The van der Waals surface area contributed by atoms with Crippen LogP contribution in [-0.4, -0.2) is 41.5 Å². The van der Waals surface area contributed by atoms with Gasteiger partial charge in [-0.2, -0.15) is 0 Å². The molecule has 0 radical (unpaired) electrons. The van der Waals surface area contributed by atoms with Crippen molar-refractivity contribution >= 4 is 33.8 Å². The molecule has 152 valence electrons. The van der Waals surface area contributed by atoms with E-state index in [-0.39, 0.29) is 17.8 Å². The second kappa shape index (κ2) is 8.49. The average molecular weight is 412 g/mol. The molecule has 1 amide bonds. The maximum atomic E-state index is 13.9. The number of carbonyl (C=O) groups excluding carboxylic acids is 1. The van der Waals surface area contributed by atoms with Gasteiger partial charge in [0, 0.05) is 42.4 Å². The highest BCUT2D eigenvalue weighted by Crippen LogP contribution is 2.31. The number of hydrogen-bond donors (Lipinski definition) is 0. The zero-order valence-electron chi connectivity index (χ0n) is 16.9. The summed E-state index contributed by atoms with van der Waals surface area (Å²) in [6, 6.07) is 10.9. The quantitative estimate of drug-likeness (QED) is 0.574. The third kappa shape index (κ3) is 4.13. The van der Waals surface area contributed by atoms with E-state index in [4.69, 9.17) is 0 Å². The van der Waals surface area contributed by atoms with E-state index in [1.807, 2.05) is 30.5 Å². The van der Waals surface area contributed by atoms with Gasteiger partial charge in [0.05, 0.1) is 10.4 Å². The Kier molecular flexibility index (Phi) is 5.81. The number of aromatic nitrogens is 1. The fourth-order valence-electron chi connectivity index (χ4n) is 4.22. The number of amides is 1. The normalized spacial score (nSPS) is 15.1. The zero-order chi connectivity index (χ0) is 20.4. The summed E-state index contributed by atoms with van der Waals surface area (Å²) >= 11 is 1.51. The number of rotatable bonds is 5. The molecule has 1 aliphatic rings. The summed E-state index contributed by atoms with van der Waals surface area (Å²) in [5, 5.41) is 2.81. The van der Waals surface area contributed by atoms with E-state index < -0.39 is 0 Å². The number of thiophene rings is 1. The Bertz CT molecular complexity index is 997. The third-order valence-electron chi connectivity index (χ3n) is 5.58. The number of pyridine rings is 1. The average Bonchev–Trinajstić information content (AvgIpc) is 3.26. The highest BCUT2D eigenvalue weighted by atomic mass is 32.1. The monoisotopic (exact) mass is 411 g/mol. The van der Waals surface area contributed by atoms with Crippen molar-refractivity contribution in [3.05, 3.63) is 58.2 Å². The summed E-state index contributed by atoms with van der Waals surface area (Å²) in [5.41, 5.74) is 2.79. The largest absolute Gasteiger partial charge is 0.371 e. The lowest BCUT2D eigenvalue weighted by atomic mass is 10.0. The third-order valence-corrected chi connectivity index (χ3v) is 6.44. The topological polar surface area (TPSA) is 36.4 Å². The lowest BCUT2D eigenvalue weighted by Crippen LogP contribution is -2.47. The van der Waals surface area contributed by atoms with Crippen LogP contribution in [0.25, 0.3) is 10.9 Å². The van der Waals surface area contributed by atoms with E-state index in [0.29, 0.717) is 0 Å². The number of aryl methyl sites for hydroxylation is 1. The van der Waals surface area contributed by atoms with Gasteiger partial charge in [0.1, 0.15) is 5.82 Å². The molecule has 0 spiro atoms. The van der Waals surface area contributed by atoms with Gasteiger partial charge in [-0.1, -0.05) is 13.0 Å². The fraction of sp³-hybridized carbons (Fsp3) is 0.391. The minimum absolute atomic E-state index is 0.146. The number of anilines is 1. The van der Waals surface area contributed by atoms with Crippen LogP contribution in [0.5, 0.6) is 0 Å². The van der Waals surface area contributed by atoms with Crippen LogP contribution in [0.15, 0.2) is 41.8 Å². The molecule has 3 aromatic rings. The summed E-state index contributed by atoms with van der Waals surface area (Å²) in [6.45, 7) is 6.56. The second-order valence-corrected chi connectivity index (χ2v) is 8.59. The predicted octanol–water partition coefficient (Wildman–Crippen LogP) is 5.27. The molecular weight excluding hydrogens is 385 g/mol. The van der Waals surface area contributed by atoms with Crippen molar-refractivity contribution in [1.29, 1.82) is 0 Å². The molecule has 6 heteroatoms. The predicted molar refractivity (Wildman–Crippen MR) is 117 cm³/mol. The Hall–Kier alpha value is -2.47. The summed E-state index contributed by atoms with van der Waals surface area (Å²) in [5.74, 6) is -0.0949. The van der Waals surface area contributed by atoms with Crippen molar-refractivity contribution in [3.8, 4) is 0 Å². The highest BCUT2D eigenvalue weighted by Gasteiger charge is 2.29. The Labute approximate surface area is 175 Å². The minimum Gasteiger partial charge on any atom is -0.371 e. The number of hydrogen-bond acceptors (Lipinski definition) is 4. The summed E-state index contributed by atoms with van der Waals surface area (Å²) < 4.78 is 13.9. The fourth-order valence-corrected chi connectivity index (χ4v) is 4.90. The molecular formula is C23H26FN3OS. The van der Waals surface area contributed by atoms with E-state index >= 15 is 0 Å². The smallest absolute Gasteiger partial charge is 0.264 e. The highest BCUT2D eigenvalue weighted by molar-refractivity contribution is 7.12. The Balaban J connectivity index is 1.54. The Morgan fingerprint density at radius 3 is 2.76 bits per heavy atom. The van der Waals surface area contributed by atoms with Gasteiger partial charge < -0.3 is 9.80 Å². The number of fused-ring (bicyclic) bond motifs is 1. The first-order chi connectivity index (χ1) is 14.1. The molecule has 4 rings (SSSR count). The maximum Gasteiger partial charge on any atom is 0.264 e. The van der Waals surface area contributed by atoms with Gasteiger partial charge in [-0.15, -0.1) is 11.3 Å². The summed E-state index contributed by atoms with van der Waals surface area (Å²) in [6.07, 6.45) is 2.77. The molecule has 0 N–H and O–H groups in total. The molecule has 0 unspecified atom stereocenters. The SMILES string of the molecule is CCCN(C(=O)c1cccs1)C1CCN(c2cc(C)nc3ccc(F)cc23)CC1. The Morgan fingerprint density at radius 1 is 1.28 bits per heavy atom. The van der Waals surface area contributed by atoms with E-state index in [1.165, 1.54) is 17.4 Å². The number of benzene rings is 1. The van der Waals surface area contributed by atoms with Gasteiger partial charge in [0.15, 0.2) is 0 Å². The molecule has 0 aliphatic carbocycles. The van der Waals surface area contributed by atoms with Crippen LogP contribution < -0.4 is 4.90 Å². The van der Waals surface area contributed by atoms with E-state index in [0.717, 1.165) is 66.1 Å². The molecule has 1 saturated heterocycles. The van der Waals surface area contributed by atoms with E-state index in [2.05, 4.69) is 21.7 Å². The minimum atomic E-state index is -0.241. The zero-order valence-corrected chi connectivity index (χ0v) is 17.7. The first-order valence-electron chi connectivity index (χ1n) is 10.2. The molecule has 4 nitrogen and oxygen atoms in total. The number of piperidine rings is 1. The van der Waals surface area contributed by atoms with Crippen LogP contribution in [0.2, 0.25) is 0 Å². The van der Waals surface area contributed by atoms with Crippen LogP contribution in [0.3, 0.4) is 0 Å². The van der Waals surface area contributed by atoms with Gasteiger partial charge in [0.2, 0.25) is 0 Å². The number of halogens is 1. The van der Waals surface area contributed by atoms with Gasteiger partial charge in [-0.05, 0) is 61.9 Å². The van der Waals surface area contributed by atoms with Crippen LogP contribution in [0.1, 0.15) is 41.6 Å². The first-order valence-corrected chi connectivity index (χ1v) is 11.1. The molecule has 0 atom stereocenters. The standard InChI is InChI=1S/C23H26FN3OS/c1-3-10-27(23(28)22-5-4-13-29-22)18-8-11-26(12-9-18)21-14-16(2)25-20-7-6-17(24)15-19(20)21/h4-7,13-15,18H,3,8-12H2,1-2H3. The van der Waals surface area contributed by atoms with Gasteiger partial charge in [0.25, 0.3) is 5.91 Å². The first kappa shape index (κ1) is 19.8. The second-order valence-electron chi connectivity index (χ2n) is 7.64. The summed E-state index contributed by atoms with van der Waals surface area (Å²) in [4.78, 5) is 22.7. The van der Waals surface area contributed by atoms with Crippen LogP contribution >= 0.6 is 11.3 Å². The lowest BCUT2D eigenvalue weighted by Gasteiger charge is -2.39. The number of nitrogens with zero attached hydrogens (tertiary/aromatic N) is 3. The van der Waals surface area contributed by atoms with Gasteiger partial charge in [-0.25, -0.2) is 4.39 Å². The van der Waals surface area contributed by atoms with Crippen LogP contribution in [0.4, 0.5) is 10.1 Å². The van der Waals surface area contributed by atoms with Gasteiger partial charge >= 0.3 is 0 Å². The molecule has 29 heavy (non-hydrogen) atoms. The maximum absolute atomic E-state index is 13.9. The lowest BCUT2D eigenvalue weighted by molar-refractivity contribution is 0.0655. The van der Waals surface area contributed by atoms with Crippen LogP contribution in [0, 0.1) is 12.7 Å². The van der Waals surface area contributed by atoms with Crippen molar-refractivity contribution in [3.63, 3.8) is 0 Å². The number of carbonyl (C=O) groups is 1. The molecule has 1 aromatic carbocycles. The van der Waals surface area contributed by atoms with E-state index in [9.17, 15) is 9.18 Å². The molecule has 3 heterocycles. The van der Waals surface area contributed by atoms with Crippen molar-refractivity contribution in [2.45, 2.75) is 39.2 Å². The Morgan fingerprint density at radius 2 is 2.07 bits per heavy atom. The van der Waals surface area contributed by atoms with Crippen molar-refractivity contribution in [2.75, 3.05) is 24.5 Å². The van der Waals surface area contributed by atoms with Crippen LogP contribution in [-0.2, 0) is 0 Å². The summed E-state index contributed by atoms with van der Waals surface area (Å²) in [7, 11) is 0. The molecule has 1 aliphatic heterocycles. The van der Waals surface area contributed by atoms with Crippen molar-refractivity contribution in [1.82, 2.24) is 9.88 Å².